The molecule has 0 bridgehead atoms. The van der Waals surface area contributed by atoms with Crippen LogP contribution in [-0.4, -0.2) is 8.24 Å². The van der Waals surface area contributed by atoms with E-state index in [2.05, 4.69) is 36.4 Å². The SMILES string of the molecule is CC(C)(C)[Si](C)(C)[N]=[Zr+2]. The Bertz CT molecular complexity index is 115. The summed E-state index contributed by atoms with van der Waals surface area (Å²) in [4.78, 5) is 0. The third-order valence-electron chi connectivity index (χ3n) is 2.11. The van der Waals surface area contributed by atoms with Crippen LogP contribution in [0.5, 0.6) is 0 Å². The maximum absolute atomic E-state index is 4.52. The summed E-state index contributed by atoms with van der Waals surface area (Å²) in [7, 11) is -1.21. The van der Waals surface area contributed by atoms with Gasteiger partial charge < -0.3 is 0 Å². The summed E-state index contributed by atoms with van der Waals surface area (Å²) >= 11 is 1.34. The first-order chi connectivity index (χ1) is 3.81. The monoisotopic (exact) mass is 219 g/mol. The molecule has 0 unspecified atom stereocenters. The molecule has 3 heteroatoms. The molecule has 0 saturated carbocycles. The van der Waals surface area contributed by atoms with Gasteiger partial charge in [-0.3, -0.25) is 0 Å². The number of hydrogen-bond acceptors (Lipinski definition) is 1. The summed E-state index contributed by atoms with van der Waals surface area (Å²) in [5.41, 5.74) is 0. The first-order valence-electron chi connectivity index (χ1n) is 3.20. The van der Waals surface area contributed by atoms with Gasteiger partial charge in [0.15, 0.2) is 0 Å². The van der Waals surface area contributed by atoms with Crippen LogP contribution in [0, 0.1) is 0 Å². The maximum atomic E-state index is 4.52. The van der Waals surface area contributed by atoms with Crippen molar-refractivity contribution in [2.24, 2.45) is 2.54 Å². The summed E-state index contributed by atoms with van der Waals surface area (Å²) in [5, 5.41) is 0.441. The molecule has 0 aromatic carbocycles. The van der Waals surface area contributed by atoms with E-state index < -0.39 is 8.24 Å². The van der Waals surface area contributed by atoms with Gasteiger partial charge in [-0.25, -0.2) is 0 Å². The Hall–Kier alpha value is 0.900. The van der Waals surface area contributed by atoms with Crippen LogP contribution in [0.15, 0.2) is 2.54 Å². The van der Waals surface area contributed by atoms with Crippen molar-refractivity contribution in [2.45, 2.75) is 38.9 Å². The van der Waals surface area contributed by atoms with Crippen LogP contribution in [0.3, 0.4) is 0 Å². The topological polar surface area (TPSA) is 12.4 Å². The Morgan fingerprint density at radius 1 is 1.22 bits per heavy atom. The molecule has 1 nitrogen and oxygen atoms in total. The van der Waals surface area contributed by atoms with Gasteiger partial charge in [-0.1, -0.05) is 0 Å². The van der Waals surface area contributed by atoms with Crippen molar-refractivity contribution in [3.05, 3.63) is 0 Å². The predicted octanol–water partition coefficient (Wildman–Crippen LogP) is 2.72. The molecule has 0 saturated heterocycles. The molecular weight excluding hydrogens is 205 g/mol. The first kappa shape index (κ1) is 9.90. The van der Waals surface area contributed by atoms with E-state index in [1.165, 1.54) is 24.6 Å². The van der Waals surface area contributed by atoms with Crippen molar-refractivity contribution in [1.82, 2.24) is 0 Å². The van der Waals surface area contributed by atoms with Gasteiger partial charge in [-0.05, 0) is 0 Å². The molecule has 0 aromatic heterocycles. The van der Waals surface area contributed by atoms with Gasteiger partial charge in [0.25, 0.3) is 0 Å². The molecule has 9 heavy (non-hydrogen) atoms. The summed E-state index contributed by atoms with van der Waals surface area (Å²) < 4.78 is 4.52. The molecule has 0 radical (unpaired) electrons. The third kappa shape index (κ3) is 2.55. The van der Waals surface area contributed by atoms with Crippen molar-refractivity contribution < 1.29 is 24.6 Å². The first-order valence-corrected chi connectivity index (χ1v) is 7.24. The van der Waals surface area contributed by atoms with E-state index in [9.17, 15) is 0 Å². The Labute approximate surface area is 74.1 Å². The van der Waals surface area contributed by atoms with Crippen LogP contribution in [0.25, 0.3) is 0 Å². The van der Waals surface area contributed by atoms with E-state index in [0.29, 0.717) is 5.04 Å². The summed E-state index contributed by atoms with van der Waals surface area (Å²) in [6.45, 7) is 11.5. The molecule has 0 N–H and O–H groups in total. The van der Waals surface area contributed by atoms with E-state index in [1.807, 2.05) is 0 Å². The zero-order chi connectivity index (χ0) is 7.71. The van der Waals surface area contributed by atoms with E-state index in [1.54, 1.807) is 0 Å². The molecule has 0 aliphatic heterocycles. The molecule has 0 atom stereocenters. The normalized spacial score (nSPS) is 13.7. The minimum absolute atomic E-state index is 0.441. The fourth-order valence-corrected chi connectivity index (χ4v) is 2.98. The Morgan fingerprint density at radius 2 is 1.56 bits per heavy atom. The summed E-state index contributed by atoms with van der Waals surface area (Å²) in [5.74, 6) is 0. The summed E-state index contributed by atoms with van der Waals surface area (Å²) in [6.07, 6.45) is 0. The van der Waals surface area contributed by atoms with Crippen LogP contribution in [0.1, 0.15) is 20.8 Å². The van der Waals surface area contributed by atoms with Crippen molar-refractivity contribution >= 4 is 8.24 Å². The predicted molar refractivity (Wildman–Crippen MR) is 39.6 cm³/mol. The van der Waals surface area contributed by atoms with Gasteiger partial charge in [-0.2, -0.15) is 0 Å². The van der Waals surface area contributed by atoms with E-state index in [-0.39, 0.29) is 0 Å². The second kappa shape index (κ2) is 2.87. The molecule has 0 aliphatic rings. The van der Waals surface area contributed by atoms with Gasteiger partial charge in [0.05, 0.1) is 0 Å². The van der Waals surface area contributed by atoms with Crippen molar-refractivity contribution in [1.29, 1.82) is 0 Å². The van der Waals surface area contributed by atoms with E-state index in [4.69, 9.17) is 0 Å². The Morgan fingerprint density at radius 3 is 1.56 bits per heavy atom. The molecule has 50 valence electrons. The number of rotatable bonds is 1. The molecular formula is C6H15NSiZr+2. The fourth-order valence-electron chi connectivity index (χ4n) is 0.168. The number of nitrogens with zero attached hydrogens (tertiary/aromatic N) is 1. The average molecular weight is 221 g/mol. The van der Waals surface area contributed by atoms with E-state index in [0.717, 1.165) is 0 Å². The average Bonchev–Trinajstić information content (AvgIpc) is 1.64. The van der Waals surface area contributed by atoms with Crippen LogP contribution in [-0.2, 0) is 24.6 Å². The standard InChI is InChI=1S/C6H15NSi.Zr/c1-6(2,3)8(4,5)7;/h1-5H3;/q;+2. The molecule has 0 amide bonds. The second-order valence-electron chi connectivity index (χ2n) is 3.92. The third-order valence-corrected chi connectivity index (χ3v) is 10.5. The molecule has 0 fully saturated rings. The zero-order valence-electron chi connectivity index (χ0n) is 6.95. The van der Waals surface area contributed by atoms with Crippen LogP contribution < -0.4 is 0 Å². The van der Waals surface area contributed by atoms with Crippen molar-refractivity contribution in [3.8, 4) is 0 Å². The molecule has 0 rings (SSSR count). The van der Waals surface area contributed by atoms with Gasteiger partial charge in [0, 0.05) is 0 Å². The van der Waals surface area contributed by atoms with Gasteiger partial charge in [0.2, 0.25) is 0 Å². The molecule has 0 spiro atoms. The fraction of sp³-hybridized carbons (Fsp3) is 1.00. The van der Waals surface area contributed by atoms with E-state index >= 15 is 0 Å². The minimum atomic E-state index is -1.21. The van der Waals surface area contributed by atoms with Crippen molar-refractivity contribution in [3.63, 3.8) is 0 Å². The zero-order valence-corrected chi connectivity index (χ0v) is 10.4. The Balaban J connectivity index is 4.32. The van der Waals surface area contributed by atoms with Crippen LogP contribution >= 0.6 is 0 Å². The summed E-state index contributed by atoms with van der Waals surface area (Å²) in [6, 6.07) is 0. The molecule has 0 heterocycles. The van der Waals surface area contributed by atoms with Gasteiger partial charge in [0.1, 0.15) is 0 Å². The quantitative estimate of drug-likeness (QED) is 0.603. The van der Waals surface area contributed by atoms with Crippen molar-refractivity contribution in [2.75, 3.05) is 0 Å². The second-order valence-corrected chi connectivity index (χ2v) is 10.4. The Kier molecular flexibility index (Phi) is 3.16. The molecule has 0 aromatic rings. The molecule has 0 aliphatic carbocycles. The van der Waals surface area contributed by atoms with Crippen LogP contribution in [0.2, 0.25) is 18.1 Å². The van der Waals surface area contributed by atoms with Crippen LogP contribution in [0.4, 0.5) is 0 Å². The number of hydrogen-bond donors (Lipinski definition) is 0. The van der Waals surface area contributed by atoms with Gasteiger partial charge in [-0.15, -0.1) is 0 Å². The van der Waals surface area contributed by atoms with Gasteiger partial charge >= 0.3 is 74.2 Å².